The summed E-state index contributed by atoms with van der Waals surface area (Å²) in [5.74, 6) is 1.39. The highest BCUT2D eigenvalue weighted by atomic mass is 32.2. The quantitative estimate of drug-likeness (QED) is 0.626. The van der Waals surface area contributed by atoms with Gasteiger partial charge < -0.3 is 4.74 Å². The molecule has 0 aliphatic rings. The van der Waals surface area contributed by atoms with E-state index in [1.807, 2.05) is 42.5 Å². The van der Waals surface area contributed by atoms with Gasteiger partial charge in [0.1, 0.15) is 11.5 Å². The number of benzene rings is 2. The normalized spacial score (nSPS) is 11.1. The van der Waals surface area contributed by atoms with Crippen molar-refractivity contribution in [1.29, 1.82) is 0 Å². The van der Waals surface area contributed by atoms with E-state index in [9.17, 15) is 8.42 Å². The summed E-state index contributed by atoms with van der Waals surface area (Å²) in [6.07, 6.45) is 1.66. The maximum absolute atomic E-state index is 12.5. The monoisotopic (exact) mass is 368 g/mol. The number of nitrogens with zero attached hydrogens (tertiary/aromatic N) is 2. The molecule has 0 aliphatic heterocycles. The van der Waals surface area contributed by atoms with Gasteiger partial charge in [-0.3, -0.25) is 9.29 Å². The third-order valence-electron chi connectivity index (χ3n) is 3.84. The number of anilines is 1. The minimum Gasteiger partial charge on any atom is -0.457 e. The van der Waals surface area contributed by atoms with E-state index in [-0.39, 0.29) is 12.3 Å². The summed E-state index contributed by atoms with van der Waals surface area (Å²) in [6.45, 7) is 1.82. The number of aromatic nitrogens is 1. The van der Waals surface area contributed by atoms with Crippen LogP contribution in [0.4, 0.5) is 5.69 Å². The zero-order valence-electron chi connectivity index (χ0n) is 14.4. The fourth-order valence-corrected chi connectivity index (χ4v) is 3.53. The molecule has 5 nitrogen and oxygen atoms in total. The summed E-state index contributed by atoms with van der Waals surface area (Å²) in [5, 5.41) is 0. The van der Waals surface area contributed by atoms with E-state index in [0.717, 1.165) is 5.75 Å². The van der Waals surface area contributed by atoms with Gasteiger partial charge in [-0.05, 0) is 55.5 Å². The van der Waals surface area contributed by atoms with Crippen LogP contribution in [0.25, 0.3) is 0 Å². The standard InChI is InChI=1S/C20H20N2O3S/c1-2-26(23,24)22(16-17-8-6-7-15-21-17)18-11-13-20(14-12-18)25-19-9-4-3-5-10-19/h3-15H,2,16H2,1H3. The number of pyridine rings is 1. The maximum Gasteiger partial charge on any atom is 0.235 e. The van der Waals surface area contributed by atoms with Crippen LogP contribution in [0.2, 0.25) is 0 Å². The third kappa shape index (κ3) is 4.40. The molecule has 0 saturated heterocycles. The minimum absolute atomic E-state index is 0.0160. The van der Waals surface area contributed by atoms with E-state index in [2.05, 4.69) is 4.98 Å². The number of hydrogen-bond acceptors (Lipinski definition) is 4. The maximum atomic E-state index is 12.5. The van der Waals surface area contributed by atoms with Crippen molar-refractivity contribution in [2.45, 2.75) is 13.5 Å². The summed E-state index contributed by atoms with van der Waals surface area (Å²) in [5.41, 5.74) is 1.27. The molecule has 134 valence electrons. The summed E-state index contributed by atoms with van der Waals surface area (Å²) >= 11 is 0. The first kappa shape index (κ1) is 17.9. The van der Waals surface area contributed by atoms with Gasteiger partial charge in [0.15, 0.2) is 0 Å². The molecule has 0 amide bonds. The van der Waals surface area contributed by atoms with Gasteiger partial charge in [0, 0.05) is 6.20 Å². The number of rotatable bonds is 7. The molecule has 1 aromatic heterocycles. The second-order valence-corrected chi connectivity index (χ2v) is 7.82. The lowest BCUT2D eigenvalue weighted by atomic mass is 10.3. The van der Waals surface area contributed by atoms with E-state index in [0.29, 0.717) is 17.1 Å². The Hall–Kier alpha value is -2.86. The van der Waals surface area contributed by atoms with Gasteiger partial charge in [-0.25, -0.2) is 8.42 Å². The molecule has 0 N–H and O–H groups in total. The Morgan fingerprint density at radius 2 is 1.54 bits per heavy atom. The van der Waals surface area contributed by atoms with Crippen LogP contribution in [-0.4, -0.2) is 19.2 Å². The first-order chi connectivity index (χ1) is 12.6. The summed E-state index contributed by atoms with van der Waals surface area (Å²) < 4.78 is 32.2. The Bertz CT molecular complexity index is 928. The van der Waals surface area contributed by atoms with Gasteiger partial charge in [0.25, 0.3) is 0 Å². The largest absolute Gasteiger partial charge is 0.457 e. The zero-order chi connectivity index (χ0) is 18.4. The second-order valence-electron chi connectivity index (χ2n) is 5.64. The molecule has 3 aromatic rings. The molecular weight excluding hydrogens is 348 g/mol. The van der Waals surface area contributed by atoms with Gasteiger partial charge >= 0.3 is 0 Å². The highest BCUT2D eigenvalue weighted by Crippen LogP contribution is 2.26. The van der Waals surface area contributed by atoms with E-state index in [1.54, 1.807) is 43.5 Å². The smallest absolute Gasteiger partial charge is 0.235 e. The molecule has 0 radical (unpaired) electrons. The van der Waals surface area contributed by atoms with E-state index < -0.39 is 10.0 Å². The molecule has 2 aromatic carbocycles. The molecule has 0 spiro atoms. The molecule has 6 heteroatoms. The van der Waals surface area contributed by atoms with Crippen LogP contribution in [0, 0.1) is 0 Å². The lowest BCUT2D eigenvalue weighted by Crippen LogP contribution is -2.32. The molecule has 0 fully saturated rings. The summed E-state index contributed by atoms with van der Waals surface area (Å²) in [7, 11) is -3.43. The molecule has 3 rings (SSSR count). The number of para-hydroxylation sites is 1. The second kappa shape index (κ2) is 8.01. The summed E-state index contributed by atoms with van der Waals surface area (Å²) in [6, 6.07) is 21.9. The SMILES string of the molecule is CCS(=O)(=O)N(Cc1ccccn1)c1ccc(Oc2ccccc2)cc1. The lowest BCUT2D eigenvalue weighted by molar-refractivity contribution is 0.482. The zero-order valence-corrected chi connectivity index (χ0v) is 15.3. The van der Waals surface area contributed by atoms with Crippen molar-refractivity contribution < 1.29 is 13.2 Å². The predicted octanol–water partition coefficient (Wildman–Crippen LogP) is 4.23. The van der Waals surface area contributed by atoms with E-state index in [4.69, 9.17) is 4.74 Å². The molecule has 0 aliphatic carbocycles. The van der Waals surface area contributed by atoms with E-state index >= 15 is 0 Å². The molecule has 0 atom stereocenters. The van der Waals surface area contributed by atoms with Crippen LogP contribution in [-0.2, 0) is 16.6 Å². The Morgan fingerprint density at radius 3 is 2.15 bits per heavy atom. The van der Waals surface area contributed by atoms with Crippen molar-refractivity contribution in [3.63, 3.8) is 0 Å². The highest BCUT2D eigenvalue weighted by molar-refractivity contribution is 7.92. The number of sulfonamides is 1. The lowest BCUT2D eigenvalue weighted by Gasteiger charge is -2.23. The Balaban J connectivity index is 1.84. The van der Waals surface area contributed by atoms with Gasteiger partial charge in [-0.1, -0.05) is 24.3 Å². The molecule has 1 heterocycles. The van der Waals surface area contributed by atoms with Crippen LogP contribution < -0.4 is 9.04 Å². The molecule has 26 heavy (non-hydrogen) atoms. The fourth-order valence-electron chi connectivity index (χ4n) is 2.45. The van der Waals surface area contributed by atoms with Crippen molar-refractivity contribution in [3.8, 4) is 11.5 Å². The highest BCUT2D eigenvalue weighted by Gasteiger charge is 2.21. The predicted molar refractivity (Wildman–Crippen MR) is 103 cm³/mol. The van der Waals surface area contributed by atoms with Crippen LogP contribution in [0.1, 0.15) is 12.6 Å². The average molecular weight is 368 g/mol. The molecule has 0 bridgehead atoms. The van der Waals surface area contributed by atoms with Crippen LogP contribution >= 0.6 is 0 Å². The van der Waals surface area contributed by atoms with E-state index in [1.165, 1.54) is 4.31 Å². The van der Waals surface area contributed by atoms with Crippen molar-refractivity contribution in [3.05, 3.63) is 84.7 Å². The topological polar surface area (TPSA) is 59.5 Å². The van der Waals surface area contributed by atoms with Gasteiger partial charge in [0.05, 0.1) is 23.7 Å². The molecule has 0 saturated carbocycles. The van der Waals surface area contributed by atoms with Crippen molar-refractivity contribution in [2.75, 3.05) is 10.1 Å². The van der Waals surface area contributed by atoms with Gasteiger partial charge in [-0.15, -0.1) is 0 Å². The Kier molecular flexibility index (Phi) is 5.53. The fraction of sp³-hybridized carbons (Fsp3) is 0.150. The van der Waals surface area contributed by atoms with Crippen molar-refractivity contribution >= 4 is 15.7 Å². The molecule has 0 unspecified atom stereocenters. The third-order valence-corrected chi connectivity index (χ3v) is 5.58. The number of ether oxygens (including phenoxy) is 1. The molecular formula is C20H20N2O3S. The van der Waals surface area contributed by atoms with Crippen LogP contribution in [0.3, 0.4) is 0 Å². The first-order valence-corrected chi connectivity index (χ1v) is 9.93. The minimum atomic E-state index is -3.43. The number of hydrogen-bond donors (Lipinski definition) is 0. The van der Waals surface area contributed by atoms with Crippen molar-refractivity contribution in [2.24, 2.45) is 0 Å². The van der Waals surface area contributed by atoms with Gasteiger partial charge in [-0.2, -0.15) is 0 Å². The average Bonchev–Trinajstić information content (AvgIpc) is 2.68. The first-order valence-electron chi connectivity index (χ1n) is 8.32. The Morgan fingerprint density at radius 1 is 0.885 bits per heavy atom. The summed E-state index contributed by atoms with van der Waals surface area (Å²) in [4.78, 5) is 4.23. The van der Waals surface area contributed by atoms with Crippen molar-refractivity contribution in [1.82, 2.24) is 4.98 Å². The van der Waals surface area contributed by atoms with Gasteiger partial charge in [0.2, 0.25) is 10.0 Å². The van der Waals surface area contributed by atoms with Crippen LogP contribution in [0.5, 0.6) is 11.5 Å². The van der Waals surface area contributed by atoms with Crippen LogP contribution in [0.15, 0.2) is 79.0 Å². The Labute approximate surface area is 153 Å².